The number of hydrogen-bond acceptors (Lipinski definition) is 4. The van der Waals surface area contributed by atoms with Crippen LogP contribution in [-0.4, -0.2) is 30.5 Å². The number of fused-ring (bicyclic) bond motifs is 1. The second-order valence-corrected chi connectivity index (χ2v) is 8.10. The van der Waals surface area contributed by atoms with E-state index in [1.807, 2.05) is 0 Å². The molecule has 1 atom stereocenters. The van der Waals surface area contributed by atoms with Crippen molar-refractivity contribution in [1.29, 1.82) is 0 Å². The Kier molecular flexibility index (Phi) is 5.68. The van der Waals surface area contributed by atoms with Gasteiger partial charge in [0.25, 0.3) is 0 Å². The monoisotopic (exact) mass is 370 g/mol. The Balaban J connectivity index is 1.34. The topological polar surface area (TPSA) is 41.6 Å². The number of carbonyl (C=O) groups excluding carboxylic acids is 1. The Labute approximate surface area is 159 Å². The van der Waals surface area contributed by atoms with Gasteiger partial charge in [0.1, 0.15) is 6.10 Å². The third-order valence-corrected chi connectivity index (χ3v) is 6.37. The Morgan fingerprint density at radius 2 is 2.00 bits per heavy atom. The molecule has 1 aromatic carbocycles. The van der Waals surface area contributed by atoms with Gasteiger partial charge in [-0.1, -0.05) is 24.3 Å². The summed E-state index contributed by atoms with van der Waals surface area (Å²) in [5, 5.41) is 5.20. The highest BCUT2D eigenvalue weighted by molar-refractivity contribution is 7.10. The predicted octanol–water partition coefficient (Wildman–Crippen LogP) is 3.66. The molecule has 1 N–H and O–H groups in total. The van der Waals surface area contributed by atoms with E-state index in [0.717, 1.165) is 13.0 Å². The molecule has 4 nitrogen and oxygen atoms in total. The Hall–Kier alpha value is -1.69. The van der Waals surface area contributed by atoms with Gasteiger partial charge in [-0.2, -0.15) is 0 Å². The molecule has 0 saturated carbocycles. The summed E-state index contributed by atoms with van der Waals surface area (Å²) in [6.07, 6.45) is 3.87. The molecule has 138 valence electrons. The summed E-state index contributed by atoms with van der Waals surface area (Å²) in [6.45, 7) is 4.65. The van der Waals surface area contributed by atoms with Crippen molar-refractivity contribution in [2.24, 2.45) is 0 Å². The average Bonchev–Trinajstić information content (AvgIpc) is 3.33. The standard InChI is InChI=1S/C21H26N2O2S/c24-20(13-19-21-16(7-11-25-19)8-12-26-21)22-14-17-5-1-2-6-18(17)15-23-9-3-4-10-23/h1-2,5-6,8,12,19H,3-4,7,9-11,13-15H2,(H,22,24). The van der Waals surface area contributed by atoms with Crippen molar-refractivity contribution in [2.45, 2.75) is 44.9 Å². The molecule has 1 fully saturated rings. The number of hydrogen-bond donors (Lipinski definition) is 1. The van der Waals surface area contributed by atoms with Crippen LogP contribution in [0.15, 0.2) is 35.7 Å². The lowest BCUT2D eigenvalue weighted by Gasteiger charge is -2.23. The predicted molar refractivity (Wildman–Crippen MR) is 104 cm³/mol. The highest BCUT2D eigenvalue weighted by Gasteiger charge is 2.24. The maximum atomic E-state index is 12.5. The molecule has 3 heterocycles. The van der Waals surface area contributed by atoms with Gasteiger partial charge in [-0.3, -0.25) is 9.69 Å². The first kappa shape index (κ1) is 17.7. The Morgan fingerprint density at radius 3 is 2.85 bits per heavy atom. The Bertz CT molecular complexity index is 752. The maximum Gasteiger partial charge on any atom is 0.223 e. The van der Waals surface area contributed by atoms with Crippen LogP contribution in [0.2, 0.25) is 0 Å². The van der Waals surface area contributed by atoms with Crippen LogP contribution >= 0.6 is 11.3 Å². The van der Waals surface area contributed by atoms with Gasteiger partial charge in [-0.15, -0.1) is 11.3 Å². The highest BCUT2D eigenvalue weighted by atomic mass is 32.1. The summed E-state index contributed by atoms with van der Waals surface area (Å²) in [6, 6.07) is 10.6. The molecule has 1 amide bonds. The number of nitrogens with one attached hydrogen (secondary N) is 1. The first-order valence-electron chi connectivity index (χ1n) is 9.53. The zero-order valence-corrected chi connectivity index (χ0v) is 15.9. The minimum absolute atomic E-state index is 0.0622. The zero-order chi connectivity index (χ0) is 17.8. The number of rotatable bonds is 6. The smallest absolute Gasteiger partial charge is 0.223 e. The number of likely N-dealkylation sites (tertiary alicyclic amines) is 1. The SMILES string of the molecule is O=C(CC1OCCc2ccsc21)NCc1ccccc1CN1CCCC1. The molecule has 1 unspecified atom stereocenters. The average molecular weight is 371 g/mol. The van der Waals surface area contributed by atoms with E-state index in [2.05, 4.69) is 45.9 Å². The molecule has 2 aromatic rings. The van der Waals surface area contributed by atoms with Crippen molar-refractivity contribution in [3.8, 4) is 0 Å². The van der Waals surface area contributed by atoms with Crippen LogP contribution in [0.1, 0.15) is 46.9 Å². The summed E-state index contributed by atoms with van der Waals surface area (Å²) in [5.41, 5.74) is 3.88. The lowest BCUT2D eigenvalue weighted by Crippen LogP contribution is -2.27. The van der Waals surface area contributed by atoms with Gasteiger partial charge in [0.2, 0.25) is 5.91 Å². The van der Waals surface area contributed by atoms with Gasteiger partial charge in [0, 0.05) is 18.0 Å². The van der Waals surface area contributed by atoms with E-state index in [1.165, 1.54) is 47.5 Å². The first-order chi connectivity index (χ1) is 12.8. The van der Waals surface area contributed by atoms with Crippen LogP contribution < -0.4 is 5.32 Å². The van der Waals surface area contributed by atoms with Crippen molar-refractivity contribution in [1.82, 2.24) is 10.2 Å². The fraction of sp³-hybridized carbons (Fsp3) is 0.476. The largest absolute Gasteiger partial charge is 0.372 e. The molecule has 1 aromatic heterocycles. The molecule has 2 aliphatic rings. The lowest BCUT2D eigenvalue weighted by molar-refractivity contribution is -0.124. The van der Waals surface area contributed by atoms with E-state index in [9.17, 15) is 4.79 Å². The number of thiophene rings is 1. The molecule has 0 bridgehead atoms. The van der Waals surface area contributed by atoms with Crippen LogP contribution in [0.3, 0.4) is 0 Å². The molecule has 0 spiro atoms. The van der Waals surface area contributed by atoms with Gasteiger partial charge >= 0.3 is 0 Å². The van der Waals surface area contributed by atoms with Crippen molar-refractivity contribution < 1.29 is 9.53 Å². The van der Waals surface area contributed by atoms with Crippen molar-refractivity contribution in [2.75, 3.05) is 19.7 Å². The number of carbonyl (C=O) groups is 1. The second kappa shape index (κ2) is 8.33. The van der Waals surface area contributed by atoms with Gasteiger partial charge < -0.3 is 10.1 Å². The molecule has 5 heteroatoms. The molecule has 0 aliphatic carbocycles. The fourth-order valence-corrected chi connectivity index (χ4v) is 4.88. The van der Waals surface area contributed by atoms with Gasteiger partial charge in [0.05, 0.1) is 13.0 Å². The highest BCUT2D eigenvalue weighted by Crippen LogP contribution is 2.33. The summed E-state index contributed by atoms with van der Waals surface area (Å²) < 4.78 is 5.84. The van der Waals surface area contributed by atoms with E-state index >= 15 is 0 Å². The van der Waals surface area contributed by atoms with Gasteiger partial charge in [0.15, 0.2) is 0 Å². The van der Waals surface area contributed by atoms with Crippen molar-refractivity contribution >= 4 is 17.2 Å². The minimum atomic E-state index is -0.0846. The zero-order valence-electron chi connectivity index (χ0n) is 15.1. The summed E-state index contributed by atoms with van der Waals surface area (Å²) in [4.78, 5) is 16.2. The van der Waals surface area contributed by atoms with E-state index in [1.54, 1.807) is 11.3 Å². The summed E-state index contributed by atoms with van der Waals surface area (Å²) >= 11 is 1.70. The molecule has 1 saturated heterocycles. The van der Waals surface area contributed by atoms with Crippen LogP contribution in [0.5, 0.6) is 0 Å². The van der Waals surface area contributed by atoms with Crippen LogP contribution in [0, 0.1) is 0 Å². The number of benzene rings is 1. The van der Waals surface area contributed by atoms with E-state index in [0.29, 0.717) is 19.6 Å². The third-order valence-electron chi connectivity index (χ3n) is 5.32. The van der Waals surface area contributed by atoms with Crippen LogP contribution in [0.25, 0.3) is 0 Å². The van der Waals surface area contributed by atoms with Crippen molar-refractivity contribution in [3.05, 3.63) is 57.3 Å². The van der Waals surface area contributed by atoms with Crippen LogP contribution in [0.4, 0.5) is 0 Å². The summed E-state index contributed by atoms with van der Waals surface area (Å²) in [7, 11) is 0. The number of ether oxygens (including phenoxy) is 1. The molecule has 4 rings (SSSR count). The summed E-state index contributed by atoms with van der Waals surface area (Å²) in [5.74, 6) is 0.0622. The normalized spacial score (nSPS) is 20.1. The fourth-order valence-electron chi connectivity index (χ4n) is 3.88. The molecular formula is C21H26N2O2S. The van der Waals surface area contributed by atoms with E-state index in [-0.39, 0.29) is 12.0 Å². The van der Waals surface area contributed by atoms with Crippen LogP contribution in [-0.2, 0) is 29.0 Å². The lowest BCUT2D eigenvalue weighted by atomic mass is 10.0. The van der Waals surface area contributed by atoms with E-state index in [4.69, 9.17) is 4.74 Å². The quantitative estimate of drug-likeness (QED) is 0.844. The molecular weight excluding hydrogens is 344 g/mol. The van der Waals surface area contributed by atoms with Gasteiger partial charge in [-0.05, 0) is 60.5 Å². The molecule has 0 radical (unpaired) electrons. The number of nitrogens with zero attached hydrogens (tertiary/aromatic N) is 1. The maximum absolute atomic E-state index is 12.5. The second-order valence-electron chi connectivity index (χ2n) is 7.15. The Morgan fingerprint density at radius 1 is 1.19 bits per heavy atom. The third kappa shape index (κ3) is 4.17. The van der Waals surface area contributed by atoms with Gasteiger partial charge in [-0.25, -0.2) is 0 Å². The van der Waals surface area contributed by atoms with Crippen molar-refractivity contribution in [3.63, 3.8) is 0 Å². The first-order valence-corrected chi connectivity index (χ1v) is 10.4. The number of amides is 1. The minimum Gasteiger partial charge on any atom is -0.372 e. The molecule has 26 heavy (non-hydrogen) atoms. The van der Waals surface area contributed by atoms with E-state index < -0.39 is 0 Å². The molecule has 2 aliphatic heterocycles.